The minimum absolute atomic E-state index is 0.281. The third-order valence-corrected chi connectivity index (χ3v) is 2.86. The number of rotatable bonds is 3. The molecule has 1 aromatic heterocycles. The lowest BCUT2D eigenvalue weighted by Gasteiger charge is -2.06. The molecule has 1 aromatic carbocycles. The summed E-state index contributed by atoms with van der Waals surface area (Å²) in [5.74, 6) is 1.28. The van der Waals surface area contributed by atoms with Gasteiger partial charge in [0, 0.05) is 18.1 Å². The molecule has 0 spiro atoms. The number of phenolic OH excluding ortho intramolecular Hbond substituents is 1. The van der Waals surface area contributed by atoms with E-state index in [9.17, 15) is 5.11 Å². The van der Waals surface area contributed by atoms with E-state index in [2.05, 4.69) is 11.9 Å². The molecular weight excluding hydrogens is 208 g/mol. The van der Waals surface area contributed by atoms with Crippen LogP contribution in [0.1, 0.15) is 6.92 Å². The Labute approximate surface area is 92.8 Å². The molecular formula is C11H12N2OS. The molecule has 3 nitrogen and oxygen atoms in total. The van der Waals surface area contributed by atoms with Crippen molar-refractivity contribution in [2.45, 2.75) is 12.1 Å². The van der Waals surface area contributed by atoms with Crippen molar-refractivity contribution in [3.05, 3.63) is 36.7 Å². The van der Waals surface area contributed by atoms with Gasteiger partial charge in [0.15, 0.2) is 5.16 Å². The van der Waals surface area contributed by atoms with Gasteiger partial charge in [-0.1, -0.05) is 18.7 Å². The van der Waals surface area contributed by atoms with Crippen molar-refractivity contribution < 1.29 is 5.11 Å². The first kappa shape index (κ1) is 10.1. The van der Waals surface area contributed by atoms with Crippen LogP contribution >= 0.6 is 11.8 Å². The Hall–Kier alpha value is -1.42. The van der Waals surface area contributed by atoms with Crippen molar-refractivity contribution in [2.75, 3.05) is 5.75 Å². The maximum atomic E-state index is 9.20. The van der Waals surface area contributed by atoms with E-state index < -0.39 is 0 Å². The van der Waals surface area contributed by atoms with Crippen LogP contribution in [0.3, 0.4) is 0 Å². The average Bonchev–Trinajstić information content (AvgIpc) is 2.68. The smallest absolute Gasteiger partial charge is 0.172 e. The molecule has 0 saturated carbocycles. The Morgan fingerprint density at radius 1 is 1.33 bits per heavy atom. The molecule has 78 valence electrons. The molecule has 15 heavy (non-hydrogen) atoms. The van der Waals surface area contributed by atoms with Crippen LogP contribution in [-0.4, -0.2) is 20.4 Å². The van der Waals surface area contributed by atoms with Gasteiger partial charge in [0.1, 0.15) is 5.75 Å². The zero-order chi connectivity index (χ0) is 10.7. The topological polar surface area (TPSA) is 38.0 Å². The largest absolute Gasteiger partial charge is 0.508 e. The number of benzene rings is 1. The Kier molecular flexibility index (Phi) is 2.97. The molecule has 0 radical (unpaired) electrons. The van der Waals surface area contributed by atoms with E-state index in [1.165, 1.54) is 0 Å². The van der Waals surface area contributed by atoms with Crippen LogP contribution in [-0.2, 0) is 0 Å². The van der Waals surface area contributed by atoms with Crippen molar-refractivity contribution in [2.24, 2.45) is 0 Å². The fourth-order valence-corrected chi connectivity index (χ4v) is 2.03. The molecule has 0 aliphatic rings. The Morgan fingerprint density at radius 2 is 2.07 bits per heavy atom. The number of hydrogen-bond acceptors (Lipinski definition) is 3. The van der Waals surface area contributed by atoms with Crippen molar-refractivity contribution >= 4 is 11.8 Å². The molecule has 0 aliphatic carbocycles. The number of phenols is 1. The number of aromatic hydroxyl groups is 1. The molecule has 1 N–H and O–H groups in total. The summed E-state index contributed by atoms with van der Waals surface area (Å²) in [5, 5.41) is 10.2. The lowest BCUT2D eigenvalue weighted by Crippen LogP contribution is -1.94. The monoisotopic (exact) mass is 220 g/mol. The normalized spacial score (nSPS) is 10.5. The highest BCUT2D eigenvalue weighted by molar-refractivity contribution is 7.99. The van der Waals surface area contributed by atoms with Crippen LogP contribution in [0.2, 0.25) is 0 Å². The summed E-state index contributed by atoms with van der Waals surface area (Å²) in [6, 6.07) is 7.10. The molecule has 0 fully saturated rings. The van der Waals surface area contributed by atoms with Gasteiger partial charge in [-0.3, -0.25) is 4.57 Å². The Bertz CT molecular complexity index is 436. The predicted octanol–water partition coefficient (Wildman–Crippen LogP) is 2.69. The van der Waals surface area contributed by atoms with Gasteiger partial charge >= 0.3 is 0 Å². The van der Waals surface area contributed by atoms with Gasteiger partial charge < -0.3 is 5.11 Å². The first-order valence-electron chi connectivity index (χ1n) is 4.77. The highest BCUT2D eigenvalue weighted by atomic mass is 32.2. The van der Waals surface area contributed by atoms with Gasteiger partial charge in [-0.2, -0.15) is 0 Å². The van der Waals surface area contributed by atoms with Gasteiger partial charge in [-0.15, -0.1) is 0 Å². The van der Waals surface area contributed by atoms with Crippen molar-refractivity contribution in [1.82, 2.24) is 9.55 Å². The van der Waals surface area contributed by atoms with E-state index in [0.717, 1.165) is 16.6 Å². The van der Waals surface area contributed by atoms with Gasteiger partial charge in [-0.25, -0.2) is 4.98 Å². The van der Waals surface area contributed by atoms with E-state index >= 15 is 0 Å². The molecule has 1 heterocycles. The van der Waals surface area contributed by atoms with Gasteiger partial charge in [-0.05, 0) is 30.0 Å². The molecule has 4 heteroatoms. The molecule has 2 rings (SSSR count). The zero-order valence-electron chi connectivity index (χ0n) is 8.42. The number of aromatic nitrogens is 2. The summed E-state index contributed by atoms with van der Waals surface area (Å²) >= 11 is 1.70. The minimum atomic E-state index is 0.281. The Morgan fingerprint density at radius 3 is 2.73 bits per heavy atom. The second-order valence-corrected chi connectivity index (χ2v) is 4.26. The summed E-state index contributed by atoms with van der Waals surface area (Å²) in [7, 11) is 0. The molecule has 0 bridgehead atoms. The zero-order valence-corrected chi connectivity index (χ0v) is 9.24. The van der Waals surface area contributed by atoms with E-state index in [4.69, 9.17) is 0 Å². The van der Waals surface area contributed by atoms with Crippen LogP contribution in [0.25, 0.3) is 5.69 Å². The molecule has 0 saturated heterocycles. The van der Waals surface area contributed by atoms with Gasteiger partial charge in [0.25, 0.3) is 0 Å². The van der Waals surface area contributed by atoms with Crippen LogP contribution in [0.4, 0.5) is 0 Å². The highest BCUT2D eigenvalue weighted by Crippen LogP contribution is 2.21. The highest BCUT2D eigenvalue weighted by Gasteiger charge is 2.03. The van der Waals surface area contributed by atoms with Crippen LogP contribution < -0.4 is 0 Å². The van der Waals surface area contributed by atoms with Gasteiger partial charge in [0.05, 0.1) is 0 Å². The molecule has 0 amide bonds. The first-order chi connectivity index (χ1) is 7.31. The van der Waals surface area contributed by atoms with Crippen molar-refractivity contribution in [3.63, 3.8) is 0 Å². The predicted molar refractivity (Wildman–Crippen MR) is 61.6 cm³/mol. The lowest BCUT2D eigenvalue weighted by molar-refractivity contribution is 0.475. The van der Waals surface area contributed by atoms with E-state index in [1.807, 2.05) is 22.9 Å². The van der Waals surface area contributed by atoms with Gasteiger partial charge in [0.2, 0.25) is 0 Å². The van der Waals surface area contributed by atoms with Crippen LogP contribution in [0.15, 0.2) is 41.8 Å². The minimum Gasteiger partial charge on any atom is -0.508 e. The molecule has 0 atom stereocenters. The average molecular weight is 220 g/mol. The second kappa shape index (κ2) is 4.40. The third-order valence-electron chi connectivity index (χ3n) is 2.01. The summed E-state index contributed by atoms with van der Waals surface area (Å²) in [6.45, 7) is 2.10. The molecule has 2 aromatic rings. The first-order valence-corrected chi connectivity index (χ1v) is 5.75. The summed E-state index contributed by atoms with van der Waals surface area (Å²) in [6.07, 6.45) is 3.70. The number of hydrogen-bond donors (Lipinski definition) is 1. The second-order valence-electron chi connectivity index (χ2n) is 3.03. The van der Waals surface area contributed by atoms with Crippen LogP contribution in [0.5, 0.6) is 5.75 Å². The van der Waals surface area contributed by atoms with E-state index in [1.54, 1.807) is 30.1 Å². The third kappa shape index (κ3) is 2.15. The summed E-state index contributed by atoms with van der Waals surface area (Å²) in [4.78, 5) is 4.27. The maximum Gasteiger partial charge on any atom is 0.172 e. The van der Waals surface area contributed by atoms with E-state index in [0.29, 0.717) is 0 Å². The summed E-state index contributed by atoms with van der Waals surface area (Å²) < 4.78 is 2.01. The SMILES string of the molecule is CCSc1nccn1-c1ccc(O)cc1. The van der Waals surface area contributed by atoms with E-state index in [-0.39, 0.29) is 5.75 Å². The fraction of sp³-hybridized carbons (Fsp3) is 0.182. The molecule has 0 aliphatic heterocycles. The quantitative estimate of drug-likeness (QED) is 0.808. The number of nitrogens with zero attached hydrogens (tertiary/aromatic N) is 2. The number of thioether (sulfide) groups is 1. The number of imidazole rings is 1. The van der Waals surface area contributed by atoms with Crippen LogP contribution in [0, 0.1) is 0 Å². The standard InChI is InChI=1S/C11H12N2OS/c1-2-15-11-12-7-8-13(11)9-3-5-10(14)6-4-9/h3-8,14H,2H2,1H3. The fourth-order valence-electron chi connectivity index (χ4n) is 1.34. The summed E-state index contributed by atoms with van der Waals surface area (Å²) in [5.41, 5.74) is 1.02. The molecule has 0 unspecified atom stereocenters. The lowest BCUT2D eigenvalue weighted by atomic mass is 10.3. The van der Waals surface area contributed by atoms with Crippen molar-refractivity contribution in [3.8, 4) is 11.4 Å². The maximum absolute atomic E-state index is 9.20. The Balaban J connectivity index is 2.36. The van der Waals surface area contributed by atoms with Crippen molar-refractivity contribution in [1.29, 1.82) is 0 Å².